The van der Waals surface area contributed by atoms with E-state index in [9.17, 15) is 13.2 Å². The molecule has 0 unspecified atom stereocenters. The summed E-state index contributed by atoms with van der Waals surface area (Å²) in [6.07, 6.45) is 0. The van der Waals surface area contributed by atoms with E-state index in [0.29, 0.717) is 0 Å². The molecule has 2 aromatic rings. The Bertz CT molecular complexity index is 744. The van der Waals surface area contributed by atoms with Crippen molar-refractivity contribution in [1.82, 2.24) is 0 Å². The van der Waals surface area contributed by atoms with E-state index in [2.05, 4.69) is 0 Å². The van der Waals surface area contributed by atoms with Crippen LogP contribution in [0.3, 0.4) is 0 Å². The van der Waals surface area contributed by atoms with Gasteiger partial charge in [-0.25, -0.2) is 13.2 Å². The van der Waals surface area contributed by atoms with Gasteiger partial charge < -0.3 is 4.74 Å². The number of hydrogen-bond donors (Lipinski definition) is 0. The van der Waals surface area contributed by atoms with E-state index < -0.39 is 27.5 Å². The van der Waals surface area contributed by atoms with Crippen molar-refractivity contribution in [1.29, 1.82) is 5.26 Å². The Balaban J connectivity index is 2.28. The third-order valence-corrected chi connectivity index (χ3v) is 3.35. The summed E-state index contributed by atoms with van der Waals surface area (Å²) in [5.74, 6) is -3.26. The SMILES string of the molecule is N#Cc1cccc(COc2cc(F)c(Cl)c(F)c2Cl)c1F. The lowest BCUT2D eigenvalue weighted by Gasteiger charge is -2.11. The van der Waals surface area contributed by atoms with Crippen LogP contribution in [0, 0.1) is 28.8 Å². The highest BCUT2D eigenvalue weighted by atomic mass is 35.5. The van der Waals surface area contributed by atoms with E-state index in [1.54, 1.807) is 6.07 Å². The van der Waals surface area contributed by atoms with Crippen molar-refractivity contribution in [3.8, 4) is 11.8 Å². The molecule has 0 bridgehead atoms. The molecule has 0 aromatic heterocycles. The van der Waals surface area contributed by atoms with Gasteiger partial charge in [-0.1, -0.05) is 35.3 Å². The van der Waals surface area contributed by atoms with Gasteiger partial charge in [0.25, 0.3) is 0 Å². The zero-order valence-electron chi connectivity index (χ0n) is 10.3. The van der Waals surface area contributed by atoms with Crippen molar-refractivity contribution in [2.24, 2.45) is 0 Å². The highest BCUT2D eigenvalue weighted by molar-refractivity contribution is 6.35. The summed E-state index contributed by atoms with van der Waals surface area (Å²) in [6.45, 7) is -0.346. The van der Waals surface area contributed by atoms with Gasteiger partial charge in [-0.3, -0.25) is 0 Å². The number of nitriles is 1. The van der Waals surface area contributed by atoms with E-state index in [4.69, 9.17) is 33.2 Å². The zero-order chi connectivity index (χ0) is 15.6. The van der Waals surface area contributed by atoms with Gasteiger partial charge in [-0.05, 0) is 6.07 Å². The predicted octanol–water partition coefficient (Wildman–Crippen LogP) is 4.86. The summed E-state index contributed by atoms with van der Waals surface area (Å²) < 4.78 is 45.7. The molecule has 7 heteroatoms. The molecule has 2 aromatic carbocycles. The monoisotopic (exact) mass is 331 g/mol. The van der Waals surface area contributed by atoms with Crippen molar-refractivity contribution in [2.75, 3.05) is 0 Å². The van der Waals surface area contributed by atoms with Crippen LogP contribution < -0.4 is 4.74 Å². The second-order valence-corrected chi connectivity index (χ2v) is 4.73. The topological polar surface area (TPSA) is 33.0 Å². The number of halogens is 5. The van der Waals surface area contributed by atoms with E-state index in [-0.39, 0.29) is 23.5 Å². The molecule has 0 aliphatic carbocycles. The molecule has 0 heterocycles. The predicted molar refractivity (Wildman–Crippen MR) is 71.8 cm³/mol. The molecule has 0 saturated heterocycles. The van der Waals surface area contributed by atoms with Crippen molar-refractivity contribution in [3.05, 3.63) is 62.9 Å². The van der Waals surface area contributed by atoms with Crippen LogP contribution in [-0.2, 0) is 6.61 Å². The largest absolute Gasteiger partial charge is 0.487 e. The molecular weight excluding hydrogens is 326 g/mol. The summed E-state index contributed by atoms with van der Waals surface area (Å²) in [5.41, 5.74) is -0.100. The Morgan fingerprint density at radius 2 is 1.81 bits per heavy atom. The van der Waals surface area contributed by atoms with Gasteiger partial charge in [0, 0.05) is 11.6 Å². The molecule has 0 aliphatic heterocycles. The van der Waals surface area contributed by atoms with Crippen LogP contribution in [0.2, 0.25) is 10.0 Å². The Kier molecular flexibility index (Phi) is 4.61. The third kappa shape index (κ3) is 3.07. The molecule has 2 rings (SSSR count). The molecule has 0 saturated carbocycles. The third-order valence-electron chi connectivity index (χ3n) is 2.65. The minimum Gasteiger partial charge on any atom is -0.487 e. The quantitative estimate of drug-likeness (QED) is 0.594. The summed E-state index contributed by atoms with van der Waals surface area (Å²) in [5, 5.41) is 7.46. The van der Waals surface area contributed by atoms with Crippen LogP contribution in [0.5, 0.6) is 5.75 Å². The highest BCUT2D eigenvalue weighted by Crippen LogP contribution is 2.34. The number of rotatable bonds is 3. The average Bonchev–Trinajstić information content (AvgIpc) is 2.48. The molecule has 0 N–H and O–H groups in total. The van der Waals surface area contributed by atoms with E-state index in [1.807, 2.05) is 0 Å². The first kappa shape index (κ1) is 15.5. The van der Waals surface area contributed by atoms with Crippen LogP contribution in [0.25, 0.3) is 0 Å². The van der Waals surface area contributed by atoms with Crippen LogP contribution in [-0.4, -0.2) is 0 Å². The number of ether oxygens (including phenoxy) is 1. The fourth-order valence-corrected chi connectivity index (χ4v) is 1.99. The van der Waals surface area contributed by atoms with Crippen LogP contribution in [0.15, 0.2) is 24.3 Å². The van der Waals surface area contributed by atoms with Gasteiger partial charge in [0.1, 0.15) is 40.1 Å². The molecule has 2 nitrogen and oxygen atoms in total. The smallest absolute Gasteiger partial charge is 0.167 e. The molecule has 0 fully saturated rings. The molecule has 0 atom stereocenters. The van der Waals surface area contributed by atoms with Gasteiger partial charge >= 0.3 is 0 Å². The maximum absolute atomic E-state index is 13.8. The normalized spacial score (nSPS) is 10.3. The second kappa shape index (κ2) is 6.25. The first-order valence-corrected chi connectivity index (χ1v) is 6.34. The van der Waals surface area contributed by atoms with Gasteiger partial charge in [-0.2, -0.15) is 5.26 Å². The van der Waals surface area contributed by atoms with E-state index in [1.165, 1.54) is 18.2 Å². The Morgan fingerprint density at radius 3 is 2.48 bits per heavy atom. The van der Waals surface area contributed by atoms with Gasteiger partial charge in [0.15, 0.2) is 5.82 Å². The maximum atomic E-state index is 13.8. The lowest BCUT2D eigenvalue weighted by atomic mass is 10.1. The molecule has 108 valence electrons. The molecule has 0 radical (unpaired) electrons. The van der Waals surface area contributed by atoms with Crippen LogP contribution >= 0.6 is 23.2 Å². The standard InChI is InChI=1S/C14H6Cl2F3NO/c15-11-9(17)4-10(12(16)14(11)19)21-6-8-3-1-2-7(5-20)13(8)18/h1-4H,6H2. The van der Waals surface area contributed by atoms with Crippen LogP contribution in [0.1, 0.15) is 11.1 Å². The van der Waals surface area contributed by atoms with Crippen molar-refractivity contribution >= 4 is 23.2 Å². The fraction of sp³-hybridized carbons (Fsp3) is 0.0714. The minimum atomic E-state index is -1.15. The number of nitrogens with zero attached hydrogens (tertiary/aromatic N) is 1. The first-order valence-electron chi connectivity index (χ1n) is 5.59. The molecule has 0 spiro atoms. The van der Waals surface area contributed by atoms with Crippen molar-refractivity contribution < 1.29 is 17.9 Å². The van der Waals surface area contributed by atoms with Gasteiger partial charge in [0.2, 0.25) is 0 Å². The molecular formula is C14H6Cl2F3NO. The van der Waals surface area contributed by atoms with E-state index >= 15 is 0 Å². The molecule has 0 amide bonds. The lowest BCUT2D eigenvalue weighted by Crippen LogP contribution is -2.02. The maximum Gasteiger partial charge on any atom is 0.167 e. The van der Waals surface area contributed by atoms with E-state index in [0.717, 1.165) is 6.07 Å². The Labute approximate surface area is 128 Å². The van der Waals surface area contributed by atoms with Crippen molar-refractivity contribution in [2.45, 2.75) is 6.61 Å². The van der Waals surface area contributed by atoms with Crippen molar-refractivity contribution in [3.63, 3.8) is 0 Å². The van der Waals surface area contributed by atoms with Gasteiger partial charge in [0.05, 0.1) is 5.56 Å². The van der Waals surface area contributed by atoms with Crippen LogP contribution in [0.4, 0.5) is 13.2 Å². The second-order valence-electron chi connectivity index (χ2n) is 3.98. The number of benzene rings is 2. The average molecular weight is 332 g/mol. The van der Waals surface area contributed by atoms with Gasteiger partial charge in [-0.15, -0.1) is 0 Å². The molecule has 21 heavy (non-hydrogen) atoms. The summed E-state index contributed by atoms with van der Waals surface area (Å²) in [6, 6.07) is 6.63. The minimum absolute atomic E-state index is 0.0564. The first-order chi connectivity index (χ1) is 9.95. The molecule has 0 aliphatic rings. The zero-order valence-corrected chi connectivity index (χ0v) is 11.8. The summed E-state index contributed by atoms with van der Waals surface area (Å²) in [4.78, 5) is 0. The lowest BCUT2D eigenvalue weighted by molar-refractivity contribution is 0.296. The number of hydrogen-bond acceptors (Lipinski definition) is 2. The summed E-state index contributed by atoms with van der Waals surface area (Å²) in [7, 11) is 0. The Morgan fingerprint density at radius 1 is 1.10 bits per heavy atom. The Hall–Kier alpha value is -1.90. The summed E-state index contributed by atoms with van der Waals surface area (Å²) >= 11 is 11.0. The highest BCUT2D eigenvalue weighted by Gasteiger charge is 2.17. The fourth-order valence-electron chi connectivity index (χ4n) is 1.59.